The summed E-state index contributed by atoms with van der Waals surface area (Å²) >= 11 is 1.60. The molecular weight excluding hydrogens is 386 g/mol. The van der Waals surface area contributed by atoms with E-state index in [4.69, 9.17) is 0 Å². The molecule has 29 heavy (non-hydrogen) atoms. The Hall–Kier alpha value is -2.97. The molecule has 150 valence electrons. The summed E-state index contributed by atoms with van der Waals surface area (Å²) in [6.07, 6.45) is 1.62. The van der Waals surface area contributed by atoms with Crippen LogP contribution in [0.4, 0.5) is 5.69 Å². The van der Waals surface area contributed by atoms with E-state index in [0.717, 1.165) is 42.2 Å². The second-order valence-corrected chi connectivity index (χ2v) is 8.03. The number of rotatable bonds is 6. The molecule has 4 rings (SSSR count). The fourth-order valence-electron chi connectivity index (χ4n) is 3.42. The molecule has 7 nitrogen and oxygen atoms in total. The largest absolute Gasteiger partial charge is 0.348 e. The van der Waals surface area contributed by atoms with Gasteiger partial charge in [-0.1, -0.05) is 24.3 Å². The van der Waals surface area contributed by atoms with Crippen molar-refractivity contribution in [1.29, 1.82) is 0 Å². The zero-order chi connectivity index (χ0) is 20.1. The van der Waals surface area contributed by atoms with Gasteiger partial charge in [0.1, 0.15) is 0 Å². The van der Waals surface area contributed by atoms with Gasteiger partial charge in [-0.2, -0.15) is 5.10 Å². The van der Waals surface area contributed by atoms with Crippen LogP contribution in [0, 0.1) is 0 Å². The molecule has 1 saturated heterocycles. The number of aromatic amines is 1. The van der Waals surface area contributed by atoms with Gasteiger partial charge in [-0.05, 0) is 42.5 Å². The highest BCUT2D eigenvalue weighted by Gasteiger charge is 2.23. The second-order valence-electron chi connectivity index (χ2n) is 7.08. The first-order valence-corrected chi connectivity index (χ1v) is 10.5. The van der Waals surface area contributed by atoms with Crippen molar-refractivity contribution in [3.05, 3.63) is 59.6 Å². The average Bonchev–Trinajstić information content (AvgIpc) is 3.42. The van der Waals surface area contributed by atoms with Gasteiger partial charge in [-0.3, -0.25) is 19.6 Å². The highest BCUT2D eigenvalue weighted by atomic mass is 32.1. The third-order valence-electron chi connectivity index (χ3n) is 4.94. The van der Waals surface area contributed by atoms with Crippen LogP contribution in [0.25, 0.3) is 10.6 Å². The molecule has 3 N–H and O–H groups in total. The van der Waals surface area contributed by atoms with Crippen LogP contribution < -0.4 is 10.6 Å². The highest BCUT2D eigenvalue weighted by Crippen LogP contribution is 2.23. The van der Waals surface area contributed by atoms with Gasteiger partial charge in [0.2, 0.25) is 5.91 Å². The number of carbonyl (C=O) groups excluding carboxylic acids is 2. The number of amides is 2. The van der Waals surface area contributed by atoms with Crippen molar-refractivity contribution in [1.82, 2.24) is 20.4 Å². The predicted molar refractivity (Wildman–Crippen MR) is 114 cm³/mol. The summed E-state index contributed by atoms with van der Waals surface area (Å²) in [6.45, 7) is 1.90. The van der Waals surface area contributed by atoms with Crippen LogP contribution in [0.3, 0.4) is 0 Å². The molecule has 1 fully saturated rings. The average molecular weight is 410 g/mol. The number of hydrogen-bond donors (Lipinski definition) is 3. The van der Waals surface area contributed by atoms with Gasteiger partial charge in [0.05, 0.1) is 17.1 Å². The molecule has 3 heterocycles. The number of H-pyrrole nitrogens is 1. The highest BCUT2D eigenvalue weighted by molar-refractivity contribution is 7.13. The van der Waals surface area contributed by atoms with E-state index in [-0.39, 0.29) is 17.9 Å². The standard InChI is InChI=1S/C21H23N5O2S/c27-20(22-15-5-2-1-3-6-15)14-26-10-8-16(9-11-26)23-21(28)18-13-17(24-25-18)19-7-4-12-29-19/h1-7,12-13,16H,8-11,14H2,(H,22,27)(H,23,28)(H,24,25). The summed E-state index contributed by atoms with van der Waals surface area (Å²) in [6, 6.07) is 15.3. The molecule has 0 saturated carbocycles. The number of likely N-dealkylation sites (tertiary alicyclic amines) is 1. The van der Waals surface area contributed by atoms with Gasteiger partial charge >= 0.3 is 0 Å². The zero-order valence-electron chi connectivity index (χ0n) is 15.9. The summed E-state index contributed by atoms with van der Waals surface area (Å²) in [5.74, 6) is -0.180. The molecule has 0 atom stereocenters. The number of piperidine rings is 1. The normalized spacial score (nSPS) is 15.2. The van der Waals surface area contributed by atoms with Crippen molar-refractivity contribution in [2.75, 3.05) is 25.0 Å². The maximum absolute atomic E-state index is 12.5. The quantitative estimate of drug-likeness (QED) is 0.584. The molecule has 0 spiro atoms. The Kier molecular flexibility index (Phi) is 6.02. The number of thiophene rings is 1. The maximum atomic E-state index is 12.5. The first kappa shape index (κ1) is 19.4. The number of nitrogens with zero attached hydrogens (tertiary/aromatic N) is 2. The third-order valence-corrected chi connectivity index (χ3v) is 5.85. The van der Waals surface area contributed by atoms with Crippen LogP contribution in [0.1, 0.15) is 23.3 Å². The minimum Gasteiger partial charge on any atom is -0.348 e. The van der Waals surface area contributed by atoms with Crippen molar-refractivity contribution in [2.45, 2.75) is 18.9 Å². The Labute approximate surface area is 173 Å². The Bertz CT molecular complexity index is 947. The van der Waals surface area contributed by atoms with Gasteiger partial charge in [0, 0.05) is 24.8 Å². The minimum absolute atomic E-state index is 0.0173. The molecule has 0 unspecified atom stereocenters. The summed E-state index contributed by atoms with van der Waals surface area (Å²) < 4.78 is 0. The van der Waals surface area contributed by atoms with E-state index in [2.05, 4.69) is 25.7 Å². The van der Waals surface area contributed by atoms with Crippen LogP contribution in [0.2, 0.25) is 0 Å². The van der Waals surface area contributed by atoms with E-state index in [1.54, 1.807) is 17.4 Å². The molecule has 0 radical (unpaired) electrons. The van der Waals surface area contributed by atoms with Gasteiger partial charge in [-0.15, -0.1) is 11.3 Å². The number of benzene rings is 1. The van der Waals surface area contributed by atoms with Crippen molar-refractivity contribution in [3.8, 4) is 10.6 Å². The summed E-state index contributed by atoms with van der Waals surface area (Å²) in [5.41, 5.74) is 2.06. The van der Waals surface area contributed by atoms with Crippen LogP contribution in [-0.4, -0.2) is 52.6 Å². The van der Waals surface area contributed by atoms with E-state index >= 15 is 0 Å². The number of para-hydroxylation sites is 1. The number of hydrogen-bond acceptors (Lipinski definition) is 5. The van der Waals surface area contributed by atoms with Crippen molar-refractivity contribution >= 4 is 28.8 Å². The fraction of sp³-hybridized carbons (Fsp3) is 0.286. The molecule has 8 heteroatoms. The molecule has 0 bridgehead atoms. The number of aromatic nitrogens is 2. The van der Waals surface area contributed by atoms with E-state index < -0.39 is 0 Å². The molecular formula is C21H23N5O2S. The number of carbonyl (C=O) groups is 2. The van der Waals surface area contributed by atoms with Gasteiger partial charge in [0.15, 0.2) is 5.69 Å². The monoisotopic (exact) mass is 409 g/mol. The lowest BCUT2D eigenvalue weighted by molar-refractivity contribution is -0.117. The van der Waals surface area contributed by atoms with Crippen molar-refractivity contribution < 1.29 is 9.59 Å². The number of nitrogens with one attached hydrogen (secondary N) is 3. The van der Waals surface area contributed by atoms with Crippen molar-refractivity contribution in [2.24, 2.45) is 0 Å². The molecule has 1 aliphatic heterocycles. The predicted octanol–water partition coefficient (Wildman–Crippen LogP) is 2.97. The smallest absolute Gasteiger partial charge is 0.272 e. The molecule has 3 aromatic rings. The van der Waals surface area contributed by atoms with Crippen LogP contribution in [0.5, 0.6) is 0 Å². The Balaban J connectivity index is 1.22. The fourth-order valence-corrected chi connectivity index (χ4v) is 4.11. The summed E-state index contributed by atoms with van der Waals surface area (Å²) in [4.78, 5) is 27.9. The lowest BCUT2D eigenvalue weighted by Gasteiger charge is -2.31. The SMILES string of the molecule is O=C(CN1CCC(NC(=O)c2cc(-c3cccs3)[nH]n2)CC1)Nc1ccccc1. The third kappa shape index (κ3) is 5.10. The van der Waals surface area contributed by atoms with E-state index in [9.17, 15) is 9.59 Å². The van der Waals surface area contributed by atoms with Crippen LogP contribution in [-0.2, 0) is 4.79 Å². The lowest BCUT2D eigenvalue weighted by Crippen LogP contribution is -2.46. The van der Waals surface area contributed by atoms with E-state index in [1.807, 2.05) is 47.8 Å². The van der Waals surface area contributed by atoms with Gasteiger partial charge < -0.3 is 10.6 Å². The lowest BCUT2D eigenvalue weighted by atomic mass is 10.0. The molecule has 1 aliphatic rings. The van der Waals surface area contributed by atoms with Crippen LogP contribution in [0.15, 0.2) is 53.9 Å². The Morgan fingerprint density at radius 2 is 1.93 bits per heavy atom. The summed E-state index contributed by atoms with van der Waals surface area (Å²) in [7, 11) is 0. The van der Waals surface area contributed by atoms with Crippen LogP contribution >= 0.6 is 11.3 Å². The van der Waals surface area contributed by atoms with Gasteiger partial charge in [-0.25, -0.2) is 0 Å². The first-order valence-electron chi connectivity index (χ1n) is 9.65. The molecule has 2 aromatic heterocycles. The molecule has 0 aliphatic carbocycles. The number of anilines is 1. The minimum atomic E-state index is -0.163. The topological polar surface area (TPSA) is 90.1 Å². The first-order chi connectivity index (χ1) is 14.2. The maximum Gasteiger partial charge on any atom is 0.272 e. The van der Waals surface area contributed by atoms with Crippen molar-refractivity contribution in [3.63, 3.8) is 0 Å². The molecule has 2 amide bonds. The molecule has 1 aromatic carbocycles. The Morgan fingerprint density at radius 1 is 1.14 bits per heavy atom. The second kappa shape index (κ2) is 9.02. The van der Waals surface area contributed by atoms with Gasteiger partial charge in [0.25, 0.3) is 5.91 Å². The van der Waals surface area contributed by atoms with E-state index in [0.29, 0.717) is 12.2 Å². The zero-order valence-corrected chi connectivity index (χ0v) is 16.7. The Morgan fingerprint density at radius 3 is 2.66 bits per heavy atom. The summed E-state index contributed by atoms with van der Waals surface area (Å²) in [5, 5.41) is 15.0. The van der Waals surface area contributed by atoms with E-state index in [1.165, 1.54) is 0 Å².